The zero-order valence-corrected chi connectivity index (χ0v) is 32.6. The lowest BCUT2D eigenvalue weighted by atomic mass is 10.0. The maximum absolute atomic E-state index is 6.56. The molecule has 0 aliphatic heterocycles. The maximum Gasteiger partial charge on any atom is 0.172 e. The van der Waals surface area contributed by atoms with Crippen molar-refractivity contribution in [3.8, 4) is 11.1 Å². The fourth-order valence-corrected chi connectivity index (χ4v) is 12.2. The summed E-state index contributed by atoms with van der Waals surface area (Å²) < 4.78 is 6.56. The van der Waals surface area contributed by atoms with Gasteiger partial charge in [-0.3, -0.25) is 0 Å². The molecule has 8 aromatic carbocycles. The minimum Gasteiger partial charge on any atom is -0.456 e. The molecule has 0 spiro atoms. The summed E-state index contributed by atoms with van der Waals surface area (Å²) in [5.74, 6) is 0. The number of anilines is 3. The highest BCUT2D eigenvalue weighted by Crippen LogP contribution is 2.39. The fourth-order valence-electron chi connectivity index (χ4n) is 8.02. The molecule has 0 aliphatic carbocycles. The van der Waals surface area contributed by atoms with E-state index in [4.69, 9.17) is 4.42 Å². The van der Waals surface area contributed by atoms with Gasteiger partial charge in [0.05, 0.1) is 0 Å². The number of hydrogen-bond acceptors (Lipinski definition) is 2. The Morgan fingerprint density at radius 1 is 0.456 bits per heavy atom. The van der Waals surface area contributed by atoms with Crippen LogP contribution in [0.25, 0.3) is 38.6 Å². The Bertz CT molecular complexity index is 2730. The minimum atomic E-state index is -2.59. The van der Waals surface area contributed by atoms with E-state index < -0.39 is 8.07 Å². The van der Waals surface area contributed by atoms with Crippen molar-refractivity contribution in [2.45, 2.75) is 0 Å². The molecule has 0 atom stereocenters. The molecule has 0 saturated heterocycles. The van der Waals surface area contributed by atoms with E-state index in [0.29, 0.717) is 0 Å². The molecule has 0 unspecified atom stereocenters. The van der Waals surface area contributed by atoms with E-state index in [0.717, 1.165) is 55.7 Å². The van der Waals surface area contributed by atoms with Crippen molar-refractivity contribution in [1.29, 1.82) is 0 Å². The monoisotopic (exact) mass is 747 g/mol. The maximum atomic E-state index is 6.56. The van der Waals surface area contributed by atoms with Crippen molar-refractivity contribution in [2.75, 3.05) is 4.90 Å². The lowest BCUT2D eigenvalue weighted by Crippen LogP contribution is -2.66. The van der Waals surface area contributed by atoms with Crippen molar-refractivity contribution in [3.63, 3.8) is 0 Å². The van der Waals surface area contributed by atoms with Gasteiger partial charge in [0, 0.05) is 33.9 Å². The van der Waals surface area contributed by atoms with E-state index in [1.165, 1.54) is 21.1 Å². The average molecular weight is 748 g/mol. The third-order valence-corrected chi connectivity index (χ3v) is 15.2. The molecule has 0 saturated carbocycles. The zero-order valence-electron chi connectivity index (χ0n) is 31.6. The van der Waals surface area contributed by atoms with Crippen molar-refractivity contribution in [3.05, 3.63) is 248 Å². The summed E-state index contributed by atoms with van der Waals surface area (Å²) in [5, 5.41) is 6.22. The third-order valence-electron chi connectivity index (χ3n) is 10.8. The second kappa shape index (κ2) is 15.9. The predicted molar refractivity (Wildman–Crippen MR) is 245 cm³/mol. The highest BCUT2D eigenvalue weighted by molar-refractivity contribution is 7.14. The minimum absolute atomic E-state index is 0.856. The molecular weight excluding hydrogens is 707 g/mol. The number of hydrogen-bond donors (Lipinski definition) is 0. The van der Waals surface area contributed by atoms with Crippen LogP contribution in [0, 0.1) is 0 Å². The Kier molecular flexibility index (Phi) is 9.89. The lowest BCUT2D eigenvalue weighted by molar-refractivity contribution is 0.669. The molecule has 9 aromatic rings. The molecule has 0 fully saturated rings. The largest absolute Gasteiger partial charge is 0.456 e. The van der Waals surface area contributed by atoms with E-state index in [1.54, 1.807) is 0 Å². The van der Waals surface area contributed by atoms with Gasteiger partial charge in [0.25, 0.3) is 0 Å². The van der Waals surface area contributed by atoms with E-state index in [2.05, 4.69) is 236 Å². The first kappa shape index (κ1) is 35.5. The van der Waals surface area contributed by atoms with Gasteiger partial charge >= 0.3 is 0 Å². The van der Waals surface area contributed by atoms with Gasteiger partial charge in [0.2, 0.25) is 0 Å². The Labute approximate surface area is 335 Å². The number of furan rings is 1. The van der Waals surface area contributed by atoms with Gasteiger partial charge in [0.1, 0.15) is 11.2 Å². The van der Waals surface area contributed by atoms with Gasteiger partial charge in [-0.15, -0.1) is 0 Å². The van der Waals surface area contributed by atoms with Crippen LogP contribution in [0.15, 0.2) is 247 Å². The normalized spacial score (nSPS) is 12.0. The molecule has 1 aromatic heterocycles. The van der Waals surface area contributed by atoms with Gasteiger partial charge in [0.15, 0.2) is 8.07 Å². The van der Waals surface area contributed by atoms with Crippen LogP contribution in [0.4, 0.5) is 17.1 Å². The molecule has 3 heteroatoms. The van der Waals surface area contributed by atoms with Gasteiger partial charge in [-0.05, 0) is 86.4 Å². The molecule has 0 radical (unpaired) electrons. The summed E-state index contributed by atoms with van der Waals surface area (Å²) >= 11 is 0. The van der Waals surface area contributed by atoms with Crippen molar-refractivity contribution >= 4 is 68.2 Å². The van der Waals surface area contributed by atoms with Gasteiger partial charge in [-0.2, -0.15) is 0 Å². The number of fused-ring (bicyclic) bond motifs is 3. The standard InChI is InChI=1S/C54H41NOSi/c1-2-18-41(37-38-57(48-23-12-5-13-24-48,49-25-14-6-15-26-49)50-27-16-7-17-28-50)43-29-32-46(33-30-43)55(45-21-10-4-11-22-45)47-34-36-52-51-35-31-44(42-19-8-3-9-20-42)39-53(51)56-54(52)40-47/h2-40H,1H2/b38-37+,41-18+. The fraction of sp³-hybridized carbons (Fsp3) is 0. The van der Waals surface area contributed by atoms with Crippen LogP contribution < -0.4 is 20.5 Å². The SMILES string of the molecule is C=C/C=C(\C=C\[Si](c1ccccc1)(c1ccccc1)c1ccccc1)c1ccc(N(c2ccccc2)c2ccc3c(c2)oc2cc(-c4ccccc4)ccc23)cc1. The first-order valence-electron chi connectivity index (χ1n) is 19.4. The highest BCUT2D eigenvalue weighted by Gasteiger charge is 2.36. The molecule has 0 aliphatic rings. The second-order valence-corrected chi connectivity index (χ2v) is 17.9. The Hall–Kier alpha value is -7.20. The lowest BCUT2D eigenvalue weighted by Gasteiger charge is -2.31. The summed E-state index contributed by atoms with van der Waals surface area (Å²) in [6.07, 6.45) is 6.30. The average Bonchev–Trinajstić information content (AvgIpc) is 3.66. The molecule has 1 heterocycles. The molecule has 0 bridgehead atoms. The smallest absolute Gasteiger partial charge is 0.172 e. The van der Waals surface area contributed by atoms with Gasteiger partial charge in [-0.25, -0.2) is 0 Å². The third kappa shape index (κ3) is 6.97. The van der Waals surface area contributed by atoms with Crippen molar-refractivity contribution in [1.82, 2.24) is 0 Å². The van der Waals surface area contributed by atoms with Crippen molar-refractivity contribution in [2.24, 2.45) is 0 Å². The second-order valence-electron chi connectivity index (χ2n) is 14.2. The summed E-state index contributed by atoms with van der Waals surface area (Å²) in [5.41, 5.74) is 11.9. The Balaban J connectivity index is 1.10. The van der Waals surface area contributed by atoms with Crippen LogP contribution in [0.5, 0.6) is 0 Å². The first-order chi connectivity index (χ1) is 28.2. The summed E-state index contributed by atoms with van der Waals surface area (Å²) in [7, 11) is -2.59. The van der Waals surface area contributed by atoms with Crippen LogP contribution in [0.3, 0.4) is 0 Å². The molecule has 9 rings (SSSR count). The predicted octanol–water partition coefficient (Wildman–Crippen LogP) is 12.6. The van der Waals surface area contributed by atoms with E-state index in [9.17, 15) is 0 Å². The Morgan fingerprint density at radius 2 is 0.930 bits per heavy atom. The number of benzene rings is 8. The topological polar surface area (TPSA) is 16.4 Å². The summed E-state index contributed by atoms with van der Waals surface area (Å²) in [6.45, 7) is 4.11. The molecule has 272 valence electrons. The molecule has 0 N–H and O–H groups in total. The number of nitrogens with zero attached hydrogens (tertiary/aromatic N) is 1. The van der Waals surface area contributed by atoms with Crippen LogP contribution in [-0.2, 0) is 0 Å². The van der Waals surface area contributed by atoms with E-state index in [1.807, 2.05) is 12.1 Å². The summed E-state index contributed by atoms with van der Waals surface area (Å²) in [4.78, 5) is 2.29. The first-order valence-corrected chi connectivity index (χ1v) is 21.4. The van der Waals surface area contributed by atoms with Crippen LogP contribution in [-0.4, -0.2) is 8.07 Å². The van der Waals surface area contributed by atoms with Gasteiger partial charge in [-0.1, -0.05) is 188 Å². The van der Waals surface area contributed by atoms with Crippen LogP contribution in [0.2, 0.25) is 0 Å². The summed E-state index contributed by atoms with van der Waals surface area (Å²) in [6, 6.07) is 75.8. The molecular formula is C54H41NOSi. The van der Waals surface area contributed by atoms with Crippen molar-refractivity contribution < 1.29 is 4.42 Å². The number of rotatable bonds is 11. The zero-order chi connectivity index (χ0) is 38.4. The van der Waals surface area contributed by atoms with Crippen LogP contribution >= 0.6 is 0 Å². The molecule has 57 heavy (non-hydrogen) atoms. The quantitative estimate of drug-likeness (QED) is 0.0744. The number of para-hydroxylation sites is 1. The molecule has 0 amide bonds. The highest BCUT2D eigenvalue weighted by atomic mass is 28.3. The number of allylic oxidation sites excluding steroid dienone is 4. The van der Waals surface area contributed by atoms with E-state index in [-0.39, 0.29) is 0 Å². The van der Waals surface area contributed by atoms with Gasteiger partial charge < -0.3 is 9.32 Å². The molecule has 2 nitrogen and oxygen atoms in total. The van der Waals surface area contributed by atoms with Crippen LogP contribution in [0.1, 0.15) is 5.56 Å². The van der Waals surface area contributed by atoms with E-state index >= 15 is 0 Å². The Morgan fingerprint density at radius 3 is 1.49 bits per heavy atom.